The number of rotatable bonds is 9. The predicted molar refractivity (Wildman–Crippen MR) is 150 cm³/mol. The van der Waals surface area contributed by atoms with Gasteiger partial charge in [-0.05, 0) is 60.5 Å². The summed E-state index contributed by atoms with van der Waals surface area (Å²) in [6, 6.07) is 18.6. The van der Waals surface area contributed by atoms with Gasteiger partial charge in [0.15, 0.2) is 5.78 Å². The van der Waals surface area contributed by atoms with Crippen molar-refractivity contribution in [3.05, 3.63) is 105 Å². The Morgan fingerprint density at radius 2 is 1.70 bits per heavy atom. The summed E-state index contributed by atoms with van der Waals surface area (Å²) in [5.41, 5.74) is 1.25. The number of ketones is 1. The molecule has 1 aromatic heterocycles. The van der Waals surface area contributed by atoms with Crippen LogP contribution in [0.15, 0.2) is 88.6 Å². The molecule has 1 amide bonds. The minimum absolute atomic E-state index is 0.00673. The van der Waals surface area contributed by atoms with E-state index < -0.39 is 27.6 Å². The first-order valence-electron chi connectivity index (χ1n) is 11.9. The smallest absolute Gasteiger partial charge is 0.294 e. The largest absolute Gasteiger partial charge is 0.480 e. The fourth-order valence-electron chi connectivity index (χ4n) is 4.13. The Balaban J connectivity index is 1.79. The summed E-state index contributed by atoms with van der Waals surface area (Å²) in [6.07, 6.45) is 0.0844. The van der Waals surface area contributed by atoms with E-state index >= 15 is 0 Å². The fourth-order valence-corrected chi connectivity index (χ4v) is 4.78. The molecule has 10 nitrogen and oxygen atoms in total. The first-order chi connectivity index (χ1) is 19.0. The van der Waals surface area contributed by atoms with Gasteiger partial charge in [0.1, 0.15) is 6.04 Å². The number of hydrogen-bond donors (Lipinski definition) is 2. The van der Waals surface area contributed by atoms with Crippen molar-refractivity contribution in [2.24, 2.45) is 0 Å². The maximum absolute atomic E-state index is 13.5. The van der Waals surface area contributed by atoms with Crippen molar-refractivity contribution >= 4 is 39.1 Å². The van der Waals surface area contributed by atoms with Crippen LogP contribution in [0.4, 0.5) is 5.69 Å². The van der Waals surface area contributed by atoms with Crippen LogP contribution in [0.25, 0.3) is 11.1 Å². The van der Waals surface area contributed by atoms with Crippen molar-refractivity contribution in [1.29, 1.82) is 0 Å². The number of nitrogens with zero attached hydrogens (tertiary/aromatic N) is 2. The molecule has 12 heteroatoms. The number of nitrogens with one attached hydrogen (secondary N) is 1. The molecule has 2 N–H and O–H groups in total. The maximum Gasteiger partial charge on any atom is 0.294 e. The molecule has 0 saturated carbocycles. The normalized spacial score (nSPS) is 12.0. The SMILES string of the molecule is COc1nn([C@@H](Cc2ccccc2)C(=O)Nc2ccc(S(=O)(=O)O)cc2)c(=O)cc1-c1cc(Cl)ccc1C(C)=O. The number of hydrogen-bond acceptors (Lipinski definition) is 7. The molecule has 0 unspecified atom stereocenters. The molecule has 1 heterocycles. The second-order valence-corrected chi connectivity index (χ2v) is 10.6. The van der Waals surface area contributed by atoms with E-state index in [2.05, 4.69) is 10.4 Å². The second-order valence-electron chi connectivity index (χ2n) is 8.79. The number of ether oxygens (including phenoxy) is 1. The lowest BCUT2D eigenvalue weighted by molar-refractivity contribution is -0.119. The van der Waals surface area contributed by atoms with E-state index in [9.17, 15) is 27.4 Å². The summed E-state index contributed by atoms with van der Waals surface area (Å²) in [5.74, 6) is -0.868. The van der Waals surface area contributed by atoms with Crippen LogP contribution in [0, 0.1) is 0 Å². The number of amides is 1. The van der Waals surface area contributed by atoms with Crippen LogP contribution < -0.4 is 15.6 Å². The van der Waals surface area contributed by atoms with Gasteiger partial charge in [0, 0.05) is 28.8 Å². The molecule has 206 valence electrons. The number of benzene rings is 3. The van der Waals surface area contributed by atoms with Crippen molar-refractivity contribution in [3.8, 4) is 17.0 Å². The van der Waals surface area contributed by atoms with Gasteiger partial charge < -0.3 is 10.1 Å². The summed E-state index contributed by atoms with van der Waals surface area (Å²) in [4.78, 5) is 38.9. The van der Waals surface area contributed by atoms with Crippen LogP contribution in [-0.4, -0.2) is 41.6 Å². The Bertz CT molecular complexity index is 1740. The zero-order valence-electron chi connectivity index (χ0n) is 21.4. The number of carbonyl (C=O) groups is 2. The molecule has 1 atom stereocenters. The minimum atomic E-state index is -4.41. The fraction of sp³-hybridized carbons (Fsp3) is 0.143. The lowest BCUT2D eigenvalue weighted by Gasteiger charge is -2.20. The third-order valence-electron chi connectivity index (χ3n) is 6.06. The average molecular weight is 582 g/mol. The summed E-state index contributed by atoms with van der Waals surface area (Å²) >= 11 is 6.18. The van der Waals surface area contributed by atoms with Gasteiger partial charge in [0.25, 0.3) is 15.7 Å². The van der Waals surface area contributed by atoms with Crippen molar-refractivity contribution in [3.63, 3.8) is 0 Å². The van der Waals surface area contributed by atoms with Crippen LogP contribution in [0.1, 0.15) is 28.9 Å². The van der Waals surface area contributed by atoms with Crippen molar-refractivity contribution in [1.82, 2.24) is 9.78 Å². The first kappa shape index (κ1) is 28.7. The highest BCUT2D eigenvalue weighted by Gasteiger charge is 2.26. The van der Waals surface area contributed by atoms with Crippen LogP contribution in [0.5, 0.6) is 5.88 Å². The Hall–Kier alpha value is -4.32. The van der Waals surface area contributed by atoms with Gasteiger partial charge in [-0.25, -0.2) is 4.68 Å². The average Bonchev–Trinajstić information content (AvgIpc) is 2.92. The molecule has 4 rings (SSSR count). The monoisotopic (exact) mass is 581 g/mol. The third-order valence-corrected chi connectivity index (χ3v) is 7.16. The predicted octanol–water partition coefficient (Wildman–Crippen LogP) is 4.44. The first-order valence-corrected chi connectivity index (χ1v) is 13.7. The number of aromatic nitrogens is 2. The Kier molecular flexibility index (Phi) is 8.48. The molecule has 0 aliphatic heterocycles. The Morgan fingerprint density at radius 3 is 2.30 bits per heavy atom. The molecule has 40 heavy (non-hydrogen) atoms. The lowest BCUT2D eigenvalue weighted by Crippen LogP contribution is -2.36. The number of anilines is 1. The Labute approximate surface area is 234 Å². The van der Waals surface area contributed by atoms with Gasteiger partial charge >= 0.3 is 0 Å². The Morgan fingerprint density at radius 1 is 1.02 bits per heavy atom. The van der Waals surface area contributed by atoms with E-state index in [1.807, 2.05) is 6.07 Å². The number of carbonyl (C=O) groups excluding carboxylic acids is 2. The van der Waals surface area contributed by atoms with Crippen molar-refractivity contribution in [2.45, 2.75) is 24.3 Å². The lowest BCUT2D eigenvalue weighted by atomic mass is 9.98. The summed E-state index contributed by atoms with van der Waals surface area (Å²) < 4.78 is 38.4. The van der Waals surface area contributed by atoms with E-state index in [0.29, 0.717) is 16.1 Å². The number of Topliss-reactive ketones (excluding diaryl/α,β-unsaturated/α-hetero) is 1. The third kappa shape index (κ3) is 6.45. The zero-order valence-corrected chi connectivity index (χ0v) is 22.9. The van der Waals surface area contributed by atoms with E-state index in [0.717, 1.165) is 22.4 Å². The van der Waals surface area contributed by atoms with E-state index in [-0.39, 0.29) is 34.2 Å². The molecular formula is C28H24ClN3O7S. The van der Waals surface area contributed by atoms with Gasteiger partial charge in [-0.2, -0.15) is 8.42 Å². The minimum Gasteiger partial charge on any atom is -0.480 e. The molecule has 3 aromatic carbocycles. The summed E-state index contributed by atoms with van der Waals surface area (Å²) in [7, 11) is -3.06. The summed E-state index contributed by atoms with van der Waals surface area (Å²) in [6.45, 7) is 1.39. The van der Waals surface area contributed by atoms with E-state index in [1.54, 1.807) is 36.4 Å². The van der Waals surface area contributed by atoms with Gasteiger partial charge in [0.05, 0.1) is 17.6 Å². The van der Waals surface area contributed by atoms with Crippen LogP contribution >= 0.6 is 11.6 Å². The van der Waals surface area contributed by atoms with Gasteiger partial charge in [-0.3, -0.25) is 18.9 Å². The van der Waals surface area contributed by atoms with Crippen LogP contribution in [0.3, 0.4) is 0 Å². The van der Waals surface area contributed by atoms with Crippen molar-refractivity contribution in [2.75, 3.05) is 12.4 Å². The molecule has 0 radical (unpaired) electrons. The molecule has 0 saturated heterocycles. The standard InChI is InChI=1S/C28H24ClN3O7S/c1-17(33)22-13-8-19(29)15-23(22)24-16-26(34)32(31-28(24)39-2)25(14-18-6-4-3-5-7-18)27(35)30-20-9-11-21(12-10-20)40(36,37)38/h3-13,15-16,25H,14H2,1-2H3,(H,30,35)(H,36,37,38)/t25-/m0/s1. The van der Waals surface area contributed by atoms with Crippen LogP contribution in [0.2, 0.25) is 5.02 Å². The molecule has 0 bridgehead atoms. The van der Waals surface area contributed by atoms with Crippen LogP contribution in [-0.2, 0) is 21.3 Å². The zero-order chi connectivity index (χ0) is 29.0. The highest BCUT2D eigenvalue weighted by molar-refractivity contribution is 7.85. The molecule has 0 fully saturated rings. The van der Waals surface area contributed by atoms with E-state index in [1.165, 1.54) is 38.3 Å². The quantitative estimate of drug-likeness (QED) is 0.218. The van der Waals surface area contributed by atoms with Gasteiger partial charge in [-0.1, -0.05) is 41.9 Å². The second kappa shape index (κ2) is 11.8. The number of halogens is 1. The highest BCUT2D eigenvalue weighted by atomic mass is 35.5. The van der Waals surface area contributed by atoms with Gasteiger partial charge in [-0.15, -0.1) is 5.10 Å². The molecule has 0 spiro atoms. The molecule has 4 aromatic rings. The highest BCUT2D eigenvalue weighted by Crippen LogP contribution is 2.32. The van der Waals surface area contributed by atoms with E-state index in [4.69, 9.17) is 16.3 Å². The maximum atomic E-state index is 13.5. The van der Waals surface area contributed by atoms with Crippen molar-refractivity contribution < 1.29 is 27.3 Å². The molecule has 0 aliphatic rings. The number of methoxy groups -OCH3 is 1. The topological polar surface area (TPSA) is 145 Å². The molecular weight excluding hydrogens is 558 g/mol. The molecule has 0 aliphatic carbocycles. The summed E-state index contributed by atoms with van der Waals surface area (Å²) in [5, 5.41) is 7.36. The van der Waals surface area contributed by atoms with Gasteiger partial charge in [0.2, 0.25) is 11.8 Å².